The van der Waals surface area contributed by atoms with Gasteiger partial charge in [0.25, 0.3) is 5.91 Å². The summed E-state index contributed by atoms with van der Waals surface area (Å²) in [7, 11) is 0. The molecule has 0 bridgehead atoms. The number of rotatable bonds is 2. The minimum Gasteiger partial charge on any atom is -0.508 e. The highest BCUT2D eigenvalue weighted by atomic mass is 16.5. The first-order chi connectivity index (χ1) is 8.06. The standard InChI is InChI=1S/C11H10N2O4/c1-6-4-10(17-13-6)12-11(16)8-5-7(14)2-3-9(8)15/h2-5,14-15H,1H3,(H,12,16). The first-order valence-corrected chi connectivity index (χ1v) is 4.83. The van der Waals surface area contributed by atoms with Gasteiger partial charge in [0.05, 0.1) is 11.3 Å². The zero-order valence-electron chi connectivity index (χ0n) is 8.97. The van der Waals surface area contributed by atoms with E-state index in [9.17, 15) is 15.0 Å². The molecule has 0 saturated heterocycles. The van der Waals surface area contributed by atoms with E-state index in [2.05, 4.69) is 10.5 Å². The van der Waals surface area contributed by atoms with Gasteiger partial charge in [0, 0.05) is 6.07 Å². The fourth-order valence-corrected chi connectivity index (χ4v) is 1.31. The van der Waals surface area contributed by atoms with Gasteiger partial charge in [-0.3, -0.25) is 10.1 Å². The van der Waals surface area contributed by atoms with Gasteiger partial charge in [0.15, 0.2) is 0 Å². The highest BCUT2D eigenvalue weighted by Crippen LogP contribution is 2.23. The number of carbonyl (C=O) groups excluding carboxylic acids is 1. The van der Waals surface area contributed by atoms with E-state index in [1.165, 1.54) is 18.2 Å². The molecule has 88 valence electrons. The van der Waals surface area contributed by atoms with Crippen molar-refractivity contribution in [3.63, 3.8) is 0 Å². The maximum absolute atomic E-state index is 11.7. The molecule has 0 aliphatic heterocycles. The lowest BCUT2D eigenvalue weighted by molar-refractivity contribution is 0.102. The highest BCUT2D eigenvalue weighted by Gasteiger charge is 2.14. The number of anilines is 1. The zero-order chi connectivity index (χ0) is 12.4. The van der Waals surface area contributed by atoms with Crippen molar-refractivity contribution in [3.8, 4) is 11.5 Å². The average molecular weight is 234 g/mol. The van der Waals surface area contributed by atoms with Crippen LogP contribution < -0.4 is 5.32 Å². The molecule has 6 heteroatoms. The van der Waals surface area contributed by atoms with Crippen LogP contribution in [0.4, 0.5) is 5.88 Å². The molecule has 3 N–H and O–H groups in total. The van der Waals surface area contributed by atoms with Gasteiger partial charge in [-0.2, -0.15) is 0 Å². The summed E-state index contributed by atoms with van der Waals surface area (Å²) in [6, 6.07) is 5.21. The number of hydrogen-bond donors (Lipinski definition) is 3. The molecule has 0 aliphatic rings. The van der Waals surface area contributed by atoms with E-state index in [0.29, 0.717) is 5.69 Å². The predicted octanol–water partition coefficient (Wildman–Crippen LogP) is 1.65. The van der Waals surface area contributed by atoms with E-state index in [-0.39, 0.29) is 22.9 Å². The lowest BCUT2D eigenvalue weighted by atomic mass is 10.2. The maximum Gasteiger partial charge on any atom is 0.261 e. The van der Waals surface area contributed by atoms with E-state index < -0.39 is 5.91 Å². The number of phenols is 2. The van der Waals surface area contributed by atoms with Crippen molar-refractivity contribution in [2.75, 3.05) is 5.32 Å². The highest BCUT2D eigenvalue weighted by molar-refractivity contribution is 6.05. The van der Waals surface area contributed by atoms with Crippen LogP contribution in [-0.2, 0) is 0 Å². The molecule has 2 aromatic rings. The molecule has 1 aromatic heterocycles. The van der Waals surface area contributed by atoms with E-state index in [0.717, 1.165) is 6.07 Å². The summed E-state index contributed by atoms with van der Waals surface area (Å²) in [6.45, 7) is 1.71. The number of carbonyl (C=O) groups is 1. The Hall–Kier alpha value is -2.50. The van der Waals surface area contributed by atoms with Crippen LogP contribution in [0.5, 0.6) is 11.5 Å². The van der Waals surface area contributed by atoms with Crippen molar-refractivity contribution in [2.45, 2.75) is 6.92 Å². The Bertz CT molecular complexity index is 562. The van der Waals surface area contributed by atoms with Gasteiger partial charge in [-0.05, 0) is 25.1 Å². The summed E-state index contributed by atoms with van der Waals surface area (Å²) in [5.41, 5.74) is 0.583. The fraction of sp³-hybridized carbons (Fsp3) is 0.0909. The smallest absolute Gasteiger partial charge is 0.261 e. The molecule has 1 heterocycles. The van der Waals surface area contributed by atoms with Gasteiger partial charge in [0.1, 0.15) is 11.5 Å². The Kier molecular flexibility index (Phi) is 2.70. The summed E-state index contributed by atoms with van der Waals surface area (Å²) in [5.74, 6) is -0.747. The molecule has 0 unspecified atom stereocenters. The molecule has 2 rings (SSSR count). The molecule has 0 aliphatic carbocycles. The Morgan fingerprint density at radius 3 is 2.76 bits per heavy atom. The summed E-state index contributed by atoms with van der Waals surface area (Å²) < 4.78 is 4.80. The van der Waals surface area contributed by atoms with E-state index >= 15 is 0 Å². The number of amides is 1. The molecule has 6 nitrogen and oxygen atoms in total. The van der Waals surface area contributed by atoms with Crippen molar-refractivity contribution in [3.05, 3.63) is 35.5 Å². The normalized spacial score (nSPS) is 10.2. The Morgan fingerprint density at radius 1 is 1.35 bits per heavy atom. The largest absolute Gasteiger partial charge is 0.508 e. The number of aromatic nitrogens is 1. The first-order valence-electron chi connectivity index (χ1n) is 4.83. The molecular formula is C11H10N2O4. The third-order valence-electron chi connectivity index (χ3n) is 2.09. The molecule has 0 atom stereocenters. The van der Waals surface area contributed by atoms with Gasteiger partial charge in [-0.15, -0.1) is 0 Å². The van der Waals surface area contributed by atoms with Crippen molar-refractivity contribution >= 4 is 11.8 Å². The zero-order valence-corrected chi connectivity index (χ0v) is 8.97. The quantitative estimate of drug-likeness (QED) is 0.686. The van der Waals surface area contributed by atoms with Crippen LogP contribution in [0.25, 0.3) is 0 Å². The third-order valence-corrected chi connectivity index (χ3v) is 2.09. The molecular weight excluding hydrogens is 224 g/mol. The van der Waals surface area contributed by atoms with Crippen molar-refractivity contribution in [1.29, 1.82) is 0 Å². The minimum absolute atomic E-state index is 0.0425. The summed E-state index contributed by atoms with van der Waals surface area (Å²) >= 11 is 0. The van der Waals surface area contributed by atoms with Gasteiger partial charge in [-0.25, -0.2) is 0 Å². The molecule has 0 spiro atoms. The lowest BCUT2D eigenvalue weighted by Gasteiger charge is -2.04. The van der Waals surface area contributed by atoms with Crippen LogP contribution in [0.2, 0.25) is 0 Å². The average Bonchev–Trinajstić information content (AvgIpc) is 2.67. The van der Waals surface area contributed by atoms with Crippen LogP contribution >= 0.6 is 0 Å². The van der Waals surface area contributed by atoms with E-state index in [1.54, 1.807) is 6.92 Å². The van der Waals surface area contributed by atoms with Crippen LogP contribution in [0, 0.1) is 6.92 Å². The lowest BCUT2D eigenvalue weighted by Crippen LogP contribution is -2.11. The molecule has 0 radical (unpaired) electrons. The maximum atomic E-state index is 11.7. The number of benzene rings is 1. The van der Waals surface area contributed by atoms with Gasteiger partial charge < -0.3 is 14.7 Å². The van der Waals surface area contributed by atoms with Crippen LogP contribution in [0.1, 0.15) is 16.1 Å². The summed E-state index contributed by atoms with van der Waals surface area (Å²) in [4.78, 5) is 11.7. The molecule has 17 heavy (non-hydrogen) atoms. The molecule has 0 fully saturated rings. The monoisotopic (exact) mass is 234 g/mol. The Balaban J connectivity index is 2.22. The van der Waals surface area contributed by atoms with Crippen molar-refractivity contribution in [1.82, 2.24) is 5.16 Å². The number of nitrogens with zero attached hydrogens (tertiary/aromatic N) is 1. The predicted molar refractivity (Wildman–Crippen MR) is 59.0 cm³/mol. The number of phenolic OH excluding ortho intramolecular Hbond substituents is 2. The minimum atomic E-state index is -0.588. The second-order valence-electron chi connectivity index (χ2n) is 3.49. The number of aromatic hydroxyl groups is 2. The first kappa shape index (κ1) is 11.0. The van der Waals surface area contributed by atoms with E-state index in [1.807, 2.05) is 0 Å². The number of hydrogen-bond acceptors (Lipinski definition) is 5. The third kappa shape index (κ3) is 2.36. The number of nitrogens with one attached hydrogen (secondary N) is 1. The second-order valence-corrected chi connectivity index (χ2v) is 3.49. The number of aryl methyl sites for hydroxylation is 1. The van der Waals surface area contributed by atoms with Gasteiger partial charge in [-0.1, -0.05) is 5.16 Å². The Morgan fingerprint density at radius 2 is 2.12 bits per heavy atom. The molecule has 1 amide bonds. The second kappa shape index (κ2) is 4.17. The van der Waals surface area contributed by atoms with Crippen LogP contribution in [0.3, 0.4) is 0 Å². The van der Waals surface area contributed by atoms with Gasteiger partial charge >= 0.3 is 0 Å². The topological polar surface area (TPSA) is 95.6 Å². The van der Waals surface area contributed by atoms with Gasteiger partial charge in [0.2, 0.25) is 5.88 Å². The summed E-state index contributed by atoms with van der Waals surface area (Å²) in [6.07, 6.45) is 0. The molecule has 0 saturated carbocycles. The van der Waals surface area contributed by atoms with Crippen LogP contribution in [0.15, 0.2) is 28.8 Å². The molecule has 1 aromatic carbocycles. The van der Waals surface area contributed by atoms with Crippen molar-refractivity contribution < 1.29 is 19.5 Å². The SMILES string of the molecule is Cc1cc(NC(=O)c2cc(O)ccc2O)on1. The Labute approximate surface area is 96.5 Å². The van der Waals surface area contributed by atoms with Crippen LogP contribution in [-0.4, -0.2) is 21.3 Å². The fourth-order valence-electron chi connectivity index (χ4n) is 1.31. The van der Waals surface area contributed by atoms with E-state index in [4.69, 9.17) is 4.52 Å². The summed E-state index contributed by atoms with van der Waals surface area (Å²) in [5, 5.41) is 24.7. The van der Waals surface area contributed by atoms with Crippen molar-refractivity contribution in [2.24, 2.45) is 0 Å².